The van der Waals surface area contributed by atoms with Crippen molar-refractivity contribution in [3.8, 4) is 0 Å². The number of rotatable bonds is 4. The van der Waals surface area contributed by atoms with Gasteiger partial charge in [-0.05, 0) is 38.1 Å². The highest BCUT2D eigenvalue weighted by atomic mass is 16.4. The molecule has 0 fully saturated rings. The van der Waals surface area contributed by atoms with Crippen molar-refractivity contribution in [1.29, 1.82) is 0 Å². The molecule has 1 heterocycles. The minimum absolute atomic E-state index is 0.166. The van der Waals surface area contributed by atoms with Gasteiger partial charge in [0, 0.05) is 17.9 Å². The Labute approximate surface area is 121 Å². The second kappa shape index (κ2) is 6.08. The fraction of sp³-hybridized carbons (Fsp3) is 0.214. The van der Waals surface area contributed by atoms with Crippen LogP contribution in [0.3, 0.4) is 0 Å². The Morgan fingerprint density at radius 3 is 2.29 bits per heavy atom. The Morgan fingerprint density at radius 1 is 1.14 bits per heavy atom. The Kier molecular flexibility index (Phi) is 4.22. The summed E-state index contributed by atoms with van der Waals surface area (Å²) in [5.41, 5.74) is 1.26. The maximum Gasteiger partial charge on any atom is 0.335 e. The zero-order valence-corrected chi connectivity index (χ0v) is 11.7. The van der Waals surface area contributed by atoms with E-state index < -0.39 is 12.0 Å². The number of nitrogens with one attached hydrogen (secondary N) is 2. The van der Waals surface area contributed by atoms with E-state index in [9.17, 15) is 9.59 Å². The van der Waals surface area contributed by atoms with Crippen LogP contribution < -0.4 is 10.6 Å². The molecule has 0 aliphatic carbocycles. The van der Waals surface area contributed by atoms with E-state index in [0.29, 0.717) is 11.4 Å². The van der Waals surface area contributed by atoms with Crippen LogP contribution in [0.15, 0.2) is 36.7 Å². The van der Waals surface area contributed by atoms with Crippen molar-refractivity contribution in [2.45, 2.75) is 19.9 Å². The van der Waals surface area contributed by atoms with E-state index in [-0.39, 0.29) is 11.6 Å². The molecule has 1 aromatic heterocycles. The molecule has 0 spiro atoms. The van der Waals surface area contributed by atoms with Crippen molar-refractivity contribution < 1.29 is 14.7 Å². The molecule has 2 rings (SSSR count). The van der Waals surface area contributed by atoms with Gasteiger partial charge in [0.1, 0.15) is 0 Å². The van der Waals surface area contributed by atoms with Crippen LogP contribution in [0, 0.1) is 0 Å². The summed E-state index contributed by atoms with van der Waals surface area (Å²) in [4.78, 5) is 22.5. The number of urea groups is 1. The predicted molar refractivity (Wildman–Crippen MR) is 78.7 cm³/mol. The number of carbonyl (C=O) groups is 2. The molecule has 110 valence electrons. The van der Waals surface area contributed by atoms with Crippen molar-refractivity contribution in [2.24, 2.45) is 0 Å². The molecule has 0 saturated carbocycles. The Hall–Kier alpha value is -2.83. The quantitative estimate of drug-likeness (QED) is 0.806. The molecular formula is C14H16N4O3. The summed E-state index contributed by atoms with van der Waals surface area (Å²) in [6.07, 6.45) is 3.30. The van der Waals surface area contributed by atoms with Gasteiger partial charge in [-0.15, -0.1) is 0 Å². The molecule has 7 heteroatoms. The van der Waals surface area contributed by atoms with Crippen molar-refractivity contribution >= 4 is 23.4 Å². The number of carboxylic acids is 1. The van der Waals surface area contributed by atoms with Gasteiger partial charge in [0.25, 0.3) is 0 Å². The van der Waals surface area contributed by atoms with Crippen molar-refractivity contribution in [3.63, 3.8) is 0 Å². The third-order valence-corrected chi connectivity index (χ3v) is 2.78. The minimum atomic E-state index is -1.01. The first kappa shape index (κ1) is 14.6. The van der Waals surface area contributed by atoms with Crippen molar-refractivity contribution in [2.75, 3.05) is 10.6 Å². The van der Waals surface area contributed by atoms with Crippen LogP contribution in [0.2, 0.25) is 0 Å². The van der Waals surface area contributed by atoms with Gasteiger partial charge in [-0.3, -0.25) is 4.68 Å². The lowest BCUT2D eigenvalue weighted by Gasteiger charge is -2.06. The second-order valence-electron chi connectivity index (χ2n) is 4.76. The number of aromatic nitrogens is 2. The molecule has 21 heavy (non-hydrogen) atoms. The first-order chi connectivity index (χ1) is 9.95. The highest BCUT2D eigenvalue weighted by Crippen LogP contribution is 2.12. The van der Waals surface area contributed by atoms with Gasteiger partial charge in [0.05, 0.1) is 17.4 Å². The lowest BCUT2D eigenvalue weighted by atomic mass is 10.2. The average Bonchev–Trinajstić information content (AvgIpc) is 2.87. The number of anilines is 2. The maximum atomic E-state index is 11.8. The Morgan fingerprint density at radius 2 is 1.76 bits per heavy atom. The predicted octanol–water partition coefficient (Wildman–Crippen LogP) is 2.81. The first-order valence-corrected chi connectivity index (χ1v) is 6.41. The van der Waals surface area contributed by atoms with E-state index in [1.165, 1.54) is 24.3 Å². The van der Waals surface area contributed by atoms with E-state index in [0.717, 1.165) is 0 Å². The Balaban J connectivity index is 1.96. The van der Waals surface area contributed by atoms with Gasteiger partial charge in [0.2, 0.25) is 0 Å². The van der Waals surface area contributed by atoms with Crippen LogP contribution in [-0.2, 0) is 0 Å². The van der Waals surface area contributed by atoms with E-state index in [2.05, 4.69) is 15.7 Å². The molecule has 2 aromatic rings. The fourth-order valence-electron chi connectivity index (χ4n) is 1.67. The van der Waals surface area contributed by atoms with Gasteiger partial charge in [0.15, 0.2) is 0 Å². The molecule has 0 radical (unpaired) electrons. The first-order valence-electron chi connectivity index (χ1n) is 6.41. The number of hydrogen-bond acceptors (Lipinski definition) is 3. The number of carboxylic acid groups (broad SMARTS) is 1. The standard InChI is InChI=1S/C14H16N4O3/c1-9(2)18-8-12(7-15-18)17-14(21)16-11-5-3-10(4-6-11)13(19)20/h3-9H,1-2H3,(H,19,20)(H2,16,17,21). The monoisotopic (exact) mass is 288 g/mol. The third-order valence-electron chi connectivity index (χ3n) is 2.78. The van der Waals surface area contributed by atoms with Crippen LogP contribution in [0.5, 0.6) is 0 Å². The lowest BCUT2D eigenvalue weighted by molar-refractivity contribution is 0.0697. The molecule has 0 saturated heterocycles. The summed E-state index contributed by atoms with van der Waals surface area (Å²) in [7, 11) is 0. The minimum Gasteiger partial charge on any atom is -0.478 e. The molecule has 7 nitrogen and oxygen atoms in total. The number of amides is 2. The largest absolute Gasteiger partial charge is 0.478 e. The van der Waals surface area contributed by atoms with Gasteiger partial charge in [-0.1, -0.05) is 0 Å². The summed E-state index contributed by atoms with van der Waals surface area (Å²) in [5, 5.41) is 18.2. The molecule has 0 aliphatic rings. The fourth-order valence-corrected chi connectivity index (χ4v) is 1.67. The zero-order valence-electron chi connectivity index (χ0n) is 11.7. The van der Waals surface area contributed by atoms with Crippen LogP contribution in [0.1, 0.15) is 30.2 Å². The molecule has 0 atom stereocenters. The number of benzene rings is 1. The number of aromatic carboxylic acids is 1. The SMILES string of the molecule is CC(C)n1cc(NC(=O)Nc2ccc(C(=O)O)cc2)cn1. The number of carbonyl (C=O) groups excluding carboxylic acids is 1. The van der Waals surface area contributed by atoms with Crippen molar-refractivity contribution in [3.05, 3.63) is 42.2 Å². The highest BCUT2D eigenvalue weighted by molar-refractivity contribution is 5.99. The van der Waals surface area contributed by atoms with E-state index >= 15 is 0 Å². The number of nitrogens with zero attached hydrogens (tertiary/aromatic N) is 2. The van der Waals surface area contributed by atoms with Crippen molar-refractivity contribution in [1.82, 2.24) is 9.78 Å². The molecule has 1 aromatic carbocycles. The number of hydrogen-bond donors (Lipinski definition) is 3. The second-order valence-corrected chi connectivity index (χ2v) is 4.76. The van der Waals surface area contributed by atoms with E-state index in [1.807, 2.05) is 13.8 Å². The molecule has 2 amide bonds. The van der Waals surface area contributed by atoms with Gasteiger partial charge >= 0.3 is 12.0 Å². The summed E-state index contributed by atoms with van der Waals surface area (Å²) in [5.74, 6) is -1.01. The molecule has 0 aliphatic heterocycles. The van der Waals surface area contributed by atoms with Crippen LogP contribution >= 0.6 is 0 Å². The summed E-state index contributed by atoms with van der Waals surface area (Å²) < 4.78 is 1.73. The van der Waals surface area contributed by atoms with Gasteiger partial charge in [-0.25, -0.2) is 9.59 Å². The van der Waals surface area contributed by atoms with Crippen LogP contribution in [-0.4, -0.2) is 26.9 Å². The molecular weight excluding hydrogens is 272 g/mol. The third kappa shape index (κ3) is 3.82. The summed E-state index contributed by atoms with van der Waals surface area (Å²) in [6, 6.07) is 5.71. The Bertz CT molecular complexity index is 646. The van der Waals surface area contributed by atoms with Crippen LogP contribution in [0.4, 0.5) is 16.2 Å². The van der Waals surface area contributed by atoms with E-state index in [1.54, 1.807) is 17.1 Å². The highest BCUT2D eigenvalue weighted by Gasteiger charge is 2.07. The van der Waals surface area contributed by atoms with Crippen LogP contribution in [0.25, 0.3) is 0 Å². The van der Waals surface area contributed by atoms with Gasteiger partial charge in [-0.2, -0.15) is 5.10 Å². The lowest BCUT2D eigenvalue weighted by Crippen LogP contribution is -2.19. The molecule has 3 N–H and O–H groups in total. The average molecular weight is 288 g/mol. The smallest absolute Gasteiger partial charge is 0.335 e. The molecule has 0 bridgehead atoms. The zero-order chi connectivity index (χ0) is 15.4. The summed E-state index contributed by atoms with van der Waals surface area (Å²) in [6.45, 7) is 3.97. The van der Waals surface area contributed by atoms with E-state index in [4.69, 9.17) is 5.11 Å². The summed E-state index contributed by atoms with van der Waals surface area (Å²) >= 11 is 0. The normalized spacial score (nSPS) is 10.4. The molecule has 0 unspecified atom stereocenters. The van der Waals surface area contributed by atoms with Gasteiger partial charge < -0.3 is 15.7 Å². The maximum absolute atomic E-state index is 11.8. The topological polar surface area (TPSA) is 96.2 Å².